The van der Waals surface area contributed by atoms with Crippen molar-refractivity contribution in [3.05, 3.63) is 53.9 Å². The molecule has 1 aromatic carbocycles. The highest BCUT2D eigenvalue weighted by molar-refractivity contribution is 5.46. The van der Waals surface area contributed by atoms with Gasteiger partial charge in [-0.1, -0.05) is 30.3 Å². The minimum atomic E-state index is -4.59. The van der Waals surface area contributed by atoms with Gasteiger partial charge in [-0.3, -0.25) is 4.90 Å². The van der Waals surface area contributed by atoms with Crippen LogP contribution in [-0.4, -0.2) is 50.9 Å². The zero-order valence-corrected chi connectivity index (χ0v) is 15.5. The second-order valence-electron chi connectivity index (χ2n) is 7.10. The number of rotatable bonds is 4. The second-order valence-corrected chi connectivity index (χ2v) is 7.10. The van der Waals surface area contributed by atoms with E-state index >= 15 is 0 Å². The standard InChI is InChI=1S/C19H21F3N6/c1-26(13-14-5-3-2-4-6-14)15-9-11-27(12-10-15)17-8-7-16-23-24-18(19(20,21)22)28(16)25-17/h2-8,15H,9-13H2,1H3. The number of hydrogen-bond acceptors (Lipinski definition) is 5. The smallest absolute Gasteiger partial charge is 0.355 e. The monoisotopic (exact) mass is 390 g/mol. The minimum Gasteiger partial charge on any atom is -0.355 e. The molecule has 1 aliphatic heterocycles. The fourth-order valence-corrected chi connectivity index (χ4v) is 3.66. The molecule has 1 aliphatic rings. The van der Waals surface area contributed by atoms with Crippen LogP contribution in [-0.2, 0) is 12.7 Å². The normalized spacial score (nSPS) is 16.2. The Balaban J connectivity index is 1.43. The van der Waals surface area contributed by atoms with Gasteiger partial charge in [-0.15, -0.1) is 15.3 Å². The highest BCUT2D eigenvalue weighted by atomic mass is 19.4. The van der Waals surface area contributed by atoms with E-state index in [1.54, 1.807) is 6.07 Å². The maximum atomic E-state index is 13.1. The van der Waals surface area contributed by atoms with Gasteiger partial charge >= 0.3 is 6.18 Å². The molecule has 3 aromatic rings. The maximum Gasteiger partial charge on any atom is 0.453 e. The molecule has 9 heteroatoms. The fourth-order valence-electron chi connectivity index (χ4n) is 3.66. The van der Waals surface area contributed by atoms with Gasteiger partial charge in [0, 0.05) is 25.7 Å². The van der Waals surface area contributed by atoms with E-state index in [0.717, 1.165) is 37.0 Å². The summed E-state index contributed by atoms with van der Waals surface area (Å²) in [6.45, 7) is 2.36. The van der Waals surface area contributed by atoms with Crippen LogP contribution in [0.4, 0.5) is 19.0 Å². The molecule has 0 saturated carbocycles. The summed E-state index contributed by atoms with van der Waals surface area (Å²) in [5, 5.41) is 10.9. The fraction of sp³-hybridized carbons (Fsp3) is 0.421. The van der Waals surface area contributed by atoms with E-state index in [-0.39, 0.29) is 5.65 Å². The molecule has 2 aromatic heterocycles. The van der Waals surface area contributed by atoms with Crippen LogP contribution in [0.1, 0.15) is 24.2 Å². The highest BCUT2D eigenvalue weighted by Gasteiger charge is 2.38. The number of fused-ring (bicyclic) bond motifs is 1. The lowest BCUT2D eigenvalue weighted by atomic mass is 10.0. The van der Waals surface area contributed by atoms with E-state index < -0.39 is 12.0 Å². The summed E-state index contributed by atoms with van der Waals surface area (Å²) in [6, 6.07) is 14.0. The molecule has 0 N–H and O–H groups in total. The molecule has 28 heavy (non-hydrogen) atoms. The summed E-state index contributed by atoms with van der Waals surface area (Å²) in [5.41, 5.74) is 1.36. The van der Waals surface area contributed by atoms with Gasteiger partial charge in [0.15, 0.2) is 5.65 Å². The number of piperidine rings is 1. The van der Waals surface area contributed by atoms with Crippen LogP contribution in [0.3, 0.4) is 0 Å². The molecule has 3 heterocycles. The first kappa shape index (κ1) is 18.7. The van der Waals surface area contributed by atoms with E-state index in [1.165, 1.54) is 11.6 Å². The molecule has 4 rings (SSSR count). The van der Waals surface area contributed by atoms with Gasteiger partial charge in [-0.2, -0.15) is 17.7 Å². The van der Waals surface area contributed by atoms with E-state index in [1.807, 2.05) is 23.1 Å². The zero-order valence-electron chi connectivity index (χ0n) is 15.5. The largest absolute Gasteiger partial charge is 0.453 e. The summed E-state index contributed by atoms with van der Waals surface area (Å²) in [6.07, 6.45) is -2.73. The lowest BCUT2D eigenvalue weighted by Gasteiger charge is -2.37. The van der Waals surface area contributed by atoms with Crippen LogP contribution < -0.4 is 4.90 Å². The first-order chi connectivity index (χ1) is 13.4. The third kappa shape index (κ3) is 3.80. The van der Waals surface area contributed by atoms with Gasteiger partial charge in [-0.05, 0) is 37.6 Å². The van der Waals surface area contributed by atoms with Crippen LogP contribution in [0.15, 0.2) is 42.5 Å². The predicted molar refractivity (Wildman–Crippen MR) is 98.9 cm³/mol. The summed E-state index contributed by atoms with van der Waals surface area (Å²) in [7, 11) is 2.12. The molecule has 0 spiro atoms. The predicted octanol–water partition coefficient (Wildman–Crippen LogP) is 3.24. The van der Waals surface area contributed by atoms with Gasteiger partial charge in [0.25, 0.3) is 5.82 Å². The summed E-state index contributed by atoms with van der Waals surface area (Å²) < 4.78 is 40.0. The Morgan fingerprint density at radius 1 is 1.04 bits per heavy atom. The van der Waals surface area contributed by atoms with E-state index in [9.17, 15) is 13.2 Å². The van der Waals surface area contributed by atoms with Crippen molar-refractivity contribution in [2.24, 2.45) is 0 Å². The lowest BCUT2D eigenvalue weighted by molar-refractivity contribution is -0.146. The molecule has 0 radical (unpaired) electrons. The Morgan fingerprint density at radius 2 is 1.75 bits per heavy atom. The Bertz CT molecular complexity index is 932. The van der Waals surface area contributed by atoms with E-state index in [2.05, 4.69) is 39.4 Å². The van der Waals surface area contributed by atoms with Crippen molar-refractivity contribution in [1.82, 2.24) is 24.7 Å². The van der Waals surface area contributed by atoms with Crippen LogP contribution in [0.25, 0.3) is 5.65 Å². The maximum absolute atomic E-state index is 13.1. The van der Waals surface area contributed by atoms with Crippen molar-refractivity contribution < 1.29 is 13.2 Å². The molecule has 0 unspecified atom stereocenters. The average molecular weight is 390 g/mol. The van der Waals surface area contributed by atoms with Crippen molar-refractivity contribution in [1.29, 1.82) is 0 Å². The number of aromatic nitrogens is 4. The molecular formula is C19H21F3N6. The molecule has 0 atom stereocenters. The van der Waals surface area contributed by atoms with Crippen molar-refractivity contribution in [3.63, 3.8) is 0 Å². The third-order valence-electron chi connectivity index (χ3n) is 5.19. The average Bonchev–Trinajstić information content (AvgIpc) is 3.12. The van der Waals surface area contributed by atoms with Gasteiger partial charge in [-0.25, -0.2) is 0 Å². The van der Waals surface area contributed by atoms with Crippen LogP contribution in [0.2, 0.25) is 0 Å². The first-order valence-corrected chi connectivity index (χ1v) is 9.20. The number of alkyl halides is 3. The van der Waals surface area contributed by atoms with Crippen LogP contribution in [0, 0.1) is 0 Å². The van der Waals surface area contributed by atoms with Gasteiger partial charge < -0.3 is 4.90 Å². The Labute approximate surface area is 160 Å². The van der Waals surface area contributed by atoms with Crippen LogP contribution >= 0.6 is 0 Å². The topological polar surface area (TPSA) is 49.6 Å². The first-order valence-electron chi connectivity index (χ1n) is 9.20. The number of benzene rings is 1. The summed E-state index contributed by atoms with van der Waals surface area (Å²) >= 11 is 0. The lowest BCUT2D eigenvalue weighted by Crippen LogP contribution is -2.43. The molecule has 148 valence electrons. The molecule has 0 bridgehead atoms. The number of anilines is 1. The highest BCUT2D eigenvalue weighted by Crippen LogP contribution is 2.28. The molecule has 0 amide bonds. The molecule has 0 aliphatic carbocycles. The van der Waals surface area contributed by atoms with Crippen molar-refractivity contribution in [2.75, 3.05) is 25.0 Å². The van der Waals surface area contributed by atoms with Crippen molar-refractivity contribution in [3.8, 4) is 0 Å². The number of hydrogen-bond donors (Lipinski definition) is 0. The quantitative estimate of drug-likeness (QED) is 0.685. The van der Waals surface area contributed by atoms with Crippen molar-refractivity contribution in [2.45, 2.75) is 31.6 Å². The van der Waals surface area contributed by atoms with Crippen molar-refractivity contribution >= 4 is 11.5 Å². The SMILES string of the molecule is CN(Cc1ccccc1)C1CCN(c2ccc3nnc(C(F)(F)F)n3n2)CC1. The molecule has 6 nitrogen and oxygen atoms in total. The number of nitrogens with zero attached hydrogens (tertiary/aromatic N) is 6. The number of halogens is 3. The van der Waals surface area contributed by atoms with Gasteiger partial charge in [0.1, 0.15) is 5.82 Å². The van der Waals surface area contributed by atoms with Gasteiger partial charge in [0.2, 0.25) is 0 Å². The summed E-state index contributed by atoms with van der Waals surface area (Å²) in [5.74, 6) is -0.580. The zero-order chi connectivity index (χ0) is 19.7. The second kappa shape index (κ2) is 7.38. The third-order valence-corrected chi connectivity index (χ3v) is 5.19. The summed E-state index contributed by atoms with van der Waals surface area (Å²) in [4.78, 5) is 4.36. The molecular weight excluding hydrogens is 369 g/mol. The molecule has 1 fully saturated rings. The van der Waals surface area contributed by atoms with Crippen LogP contribution in [0.5, 0.6) is 0 Å². The Kier molecular flexibility index (Phi) is 4.92. The van der Waals surface area contributed by atoms with Gasteiger partial charge in [0.05, 0.1) is 0 Å². The Hall–Kier alpha value is -2.68. The Morgan fingerprint density at radius 3 is 2.43 bits per heavy atom. The molecule has 1 saturated heterocycles. The minimum absolute atomic E-state index is 0.0913. The van der Waals surface area contributed by atoms with E-state index in [4.69, 9.17) is 0 Å². The van der Waals surface area contributed by atoms with E-state index in [0.29, 0.717) is 11.9 Å².